The summed E-state index contributed by atoms with van der Waals surface area (Å²) >= 11 is 0. The standard InChI is InChI=1S/C7H12F3NO/c1-5-6(3-11(5)2)12-4-7(8,9)10/h5-6H,3-4H2,1-2H3. The predicted octanol–water partition coefficient (Wildman–Crippen LogP) is 1.27. The molecule has 1 rings (SSSR count). The Labute approximate surface area is 69.3 Å². The van der Waals surface area contributed by atoms with E-state index >= 15 is 0 Å². The van der Waals surface area contributed by atoms with E-state index in [1.807, 2.05) is 18.9 Å². The molecule has 0 radical (unpaired) electrons. The Balaban J connectivity index is 2.18. The molecule has 0 amide bonds. The molecule has 2 atom stereocenters. The van der Waals surface area contributed by atoms with E-state index in [0.717, 1.165) is 0 Å². The molecule has 1 heterocycles. The first kappa shape index (κ1) is 9.80. The Morgan fingerprint density at radius 2 is 2.08 bits per heavy atom. The maximum atomic E-state index is 11.7. The van der Waals surface area contributed by atoms with Crippen LogP contribution in [-0.2, 0) is 4.74 Å². The molecule has 0 aromatic heterocycles. The van der Waals surface area contributed by atoms with E-state index in [9.17, 15) is 13.2 Å². The van der Waals surface area contributed by atoms with Gasteiger partial charge >= 0.3 is 6.18 Å². The Kier molecular flexibility index (Phi) is 2.63. The third-order valence-corrected chi connectivity index (χ3v) is 2.16. The summed E-state index contributed by atoms with van der Waals surface area (Å²) in [5, 5.41) is 0. The molecule has 5 heteroatoms. The molecule has 0 saturated carbocycles. The van der Waals surface area contributed by atoms with Gasteiger partial charge in [0.1, 0.15) is 6.61 Å². The quantitative estimate of drug-likeness (QED) is 0.639. The Morgan fingerprint density at radius 3 is 2.42 bits per heavy atom. The molecule has 0 aromatic rings. The number of ether oxygens (including phenoxy) is 1. The summed E-state index contributed by atoms with van der Waals surface area (Å²) in [5.41, 5.74) is 0. The Hall–Kier alpha value is -0.290. The van der Waals surface area contributed by atoms with E-state index in [-0.39, 0.29) is 12.1 Å². The van der Waals surface area contributed by atoms with Crippen LogP contribution in [0.4, 0.5) is 13.2 Å². The zero-order chi connectivity index (χ0) is 9.35. The topological polar surface area (TPSA) is 12.5 Å². The largest absolute Gasteiger partial charge is 0.411 e. The lowest BCUT2D eigenvalue weighted by atomic mass is 10.0. The average Bonchev–Trinajstić information content (AvgIpc) is 1.95. The number of likely N-dealkylation sites (tertiary alicyclic amines) is 1. The predicted molar refractivity (Wildman–Crippen MR) is 37.9 cm³/mol. The molecule has 0 aliphatic carbocycles. The van der Waals surface area contributed by atoms with Crippen molar-refractivity contribution in [1.82, 2.24) is 4.90 Å². The minimum Gasteiger partial charge on any atom is -0.366 e. The van der Waals surface area contributed by atoms with Crippen molar-refractivity contribution in [1.29, 1.82) is 0 Å². The second-order valence-corrected chi connectivity index (χ2v) is 3.14. The zero-order valence-corrected chi connectivity index (χ0v) is 7.06. The average molecular weight is 183 g/mol. The lowest BCUT2D eigenvalue weighted by molar-refractivity contribution is -0.206. The van der Waals surface area contributed by atoms with Crippen molar-refractivity contribution in [3.05, 3.63) is 0 Å². The van der Waals surface area contributed by atoms with Crippen molar-refractivity contribution in [2.45, 2.75) is 25.2 Å². The highest BCUT2D eigenvalue weighted by molar-refractivity contribution is 4.87. The SMILES string of the molecule is CC1C(OCC(F)(F)F)CN1C. The first-order chi connectivity index (χ1) is 5.40. The molecular formula is C7H12F3NO. The van der Waals surface area contributed by atoms with Crippen LogP contribution in [0.15, 0.2) is 0 Å². The van der Waals surface area contributed by atoms with Crippen molar-refractivity contribution >= 4 is 0 Å². The fourth-order valence-corrected chi connectivity index (χ4v) is 1.14. The van der Waals surface area contributed by atoms with E-state index in [1.54, 1.807) is 0 Å². The first-order valence-corrected chi connectivity index (χ1v) is 3.79. The van der Waals surface area contributed by atoms with Crippen LogP contribution in [-0.4, -0.2) is 43.4 Å². The van der Waals surface area contributed by atoms with E-state index < -0.39 is 12.8 Å². The molecule has 2 unspecified atom stereocenters. The van der Waals surface area contributed by atoms with Crippen molar-refractivity contribution in [2.24, 2.45) is 0 Å². The normalized spacial score (nSPS) is 31.8. The van der Waals surface area contributed by atoms with Crippen LogP contribution >= 0.6 is 0 Å². The third-order valence-electron chi connectivity index (χ3n) is 2.16. The van der Waals surface area contributed by atoms with Crippen LogP contribution in [0.1, 0.15) is 6.92 Å². The molecule has 1 aliphatic heterocycles. The molecule has 0 spiro atoms. The molecule has 0 aromatic carbocycles. The second kappa shape index (κ2) is 3.22. The molecule has 1 fully saturated rings. The lowest BCUT2D eigenvalue weighted by Gasteiger charge is -2.43. The van der Waals surface area contributed by atoms with Gasteiger partial charge in [0.25, 0.3) is 0 Å². The molecule has 0 bridgehead atoms. The number of hydrogen-bond donors (Lipinski definition) is 0. The van der Waals surface area contributed by atoms with Gasteiger partial charge in [-0.05, 0) is 14.0 Å². The summed E-state index contributed by atoms with van der Waals surface area (Å²) in [6, 6.07) is 0.104. The third kappa shape index (κ3) is 2.35. The number of alkyl halides is 3. The van der Waals surface area contributed by atoms with Gasteiger partial charge in [-0.15, -0.1) is 0 Å². The van der Waals surface area contributed by atoms with Crippen molar-refractivity contribution in [2.75, 3.05) is 20.2 Å². The van der Waals surface area contributed by atoms with Gasteiger partial charge in [-0.3, -0.25) is 4.90 Å². The van der Waals surface area contributed by atoms with Crippen LogP contribution in [0.2, 0.25) is 0 Å². The van der Waals surface area contributed by atoms with Gasteiger partial charge in [-0.1, -0.05) is 0 Å². The van der Waals surface area contributed by atoms with Gasteiger partial charge < -0.3 is 4.74 Å². The maximum Gasteiger partial charge on any atom is 0.411 e. The van der Waals surface area contributed by atoms with Crippen molar-refractivity contribution in [3.8, 4) is 0 Å². The smallest absolute Gasteiger partial charge is 0.366 e. The van der Waals surface area contributed by atoms with Gasteiger partial charge in [0.15, 0.2) is 0 Å². The van der Waals surface area contributed by atoms with Crippen LogP contribution in [0, 0.1) is 0 Å². The molecule has 0 N–H and O–H groups in total. The first-order valence-electron chi connectivity index (χ1n) is 3.79. The molecular weight excluding hydrogens is 171 g/mol. The van der Waals surface area contributed by atoms with Gasteiger partial charge in [-0.2, -0.15) is 13.2 Å². The highest BCUT2D eigenvalue weighted by Gasteiger charge is 2.37. The van der Waals surface area contributed by atoms with Gasteiger partial charge in [0.05, 0.1) is 6.10 Å². The number of likely N-dealkylation sites (N-methyl/N-ethyl adjacent to an activating group) is 1. The minimum atomic E-state index is -4.20. The zero-order valence-electron chi connectivity index (χ0n) is 7.06. The summed E-state index contributed by atoms with van der Waals surface area (Å²) in [5.74, 6) is 0. The fraction of sp³-hybridized carbons (Fsp3) is 1.00. The second-order valence-electron chi connectivity index (χ2n) is 3.14. The monoisotopic (exact) mass is 183 g/mol. The molecule has 2 nitrogen and oxygen atoms in total. The highest BCUT2D eigenvalue weighted by atomic mass is 19.4. The summed E-state index contributed by atoms with van der Waals surface area (Å²) < 4.78 is 39.6. The van der Waals surface area contributed by atoms with E-state index in [2.05, 4.69) is 4.74 Å². The Bertz CT molecular complexity index is 159. The van der Waals surface area contributed by atoms with E-state index in [0.29, 0.717) is 6.54 Å². The van der Waals surface area contributed by atoms with Gasteiger partial charge in [-0.25, -0.2) is 0 Å². The molecule has 1 aliphatic rings. The summed E-state index contributed by atoms with van der Waals surface area (Å²) in [6.07, 6.45) is -4.45. The van der Waals surface area contributed by atoms with Crippen LogP contribution in [0.3, 0.4) is 0 Å². The highest BCUT2D eigenvalue weighted by Crippen LogP contribution is 2.22. The van der Waals surface area contributed by atoms with Gasteiger partial charge in [0, 0.05) is 12.6 Å². The van der Waals surface area contributed by atoms with E-state index in [1.165, 1.54) is 0 Å². The Morgan fingerprint density at radius 1 is 1.50 bits per heavy atom. The number of rotatable bonds is 2. The summed E-state index contributed by atoms with van der Waals surface area (Å²) in [6.45, 7) is 1.32. The molecule has 1 saturated heterocycles. The number of hydrogen-bond acceptors (Lipinski definition) is 2. The summed E-state index contributed by atoms with van der Waals surface area (Å²) in [4.78, 5) is 1.95. The van der Waals surface area contributed by atoms with E-state index in [4.69, 9.17) is 0 Å². The van der Waals surface area contributed by atoms with Crippen molar-refractivity contribution in [3.63, 3.8) is 0 Å². The van der Waals surface area contributed by atoms with Crippen molar-refractivity contribution < 1.29 is 17.9 Å². The number of nitrogens with zero attached hydrogens (tertiary/aromatic N) is 1. The summed E-state index contributed by atoms with van der Waals surface area (Å²) in [7, 11) is 1.86. The fourth-order valence-electron chi connectivity index (χ4n) is 1.14. The van der Waals surface area contributed by atoms with Gasteiger partial charge in [0.2, 0.25) is 0 Å². The molecule has 12 heavy (non-hydrogen) atoms. The van der Waals surface area contributed by atoms with Crippen LogP contribution in [0.25, 0.3) is 0 Å². The minimum absolute atomic E-state index is 0.104. The lowest BCUT2D eigenvalue weighted by Crippen LogP contribution is -2.58. The number of halogens is 3. The molecule has 72 valence electrons. The maximum absolute atomic E-state index is 11.7. The van der Waals surface area contributed by atoms with Crippen LogP contribution in [0.5, 0.6) is 0 Å². The van der Waals surface area contributed by atoms with Crippen LogP contribution < -0.4 is 0 Å².